The minimum atomic E-state index is -0.810. The molecule has 1 N–H and O–H groups in total. The maximum absolute atomic E-state index is 13.2. The average Bonchev–Trinajstić information content (AvgIpc) is 3.01. The van der Waals surface area contributed by atoms with E-state index in [-0.39, 0.29) is 29.7 Å². The third kappa shape index (κ3) is 4.39. The van der Waals surface area contributed by atoms with Crippen molar-refractivity contribution in [1.82, 2.24) is 15.1 Å². The van der Waals surface area contributed by atoms with Crippen molar-refractivity contribution in [2.75, 3.05) is 13.1 Å². The topological polar surface area (TPSA) is 69.7 Å². The van der Waals surface area contributed by atoms with Gasteiger partial charge in [-0.15, -0.1) is 0 Å². The van der Waals surface area contributed by atoms with E-state index in [0.29, 0.717) is 11.1 Å². The van der Waals surface area contributed by atoms with Crippen LogP contribution >= 0.6 is 0 Å². The molecule has 1 atom stereocenters. The van der Waals surface area contributed by atoms with Gasteiger partial charge >= 0.3 is 0 Å². The monoisotopic (exact) mass is 419 g/mol. The van der Waals surface area contributed by atoms with E-state index in [4.69, 9.17) is 0 Å². The molecule has 4 rings (SSSR count). The lowest BCUT2D eigenvalue weighted by Gasteiger charge is -2.35. The van der Waals surface area contributed by atoms with E-state index in [9.17, 15) is 14.4 Å². The first-order valence-electron chi connectivity index (χ1n) is 11.0. The predicted octanol–water partition coefficient (Wildman–Crippen LogP) is 3.09. The molecule has 2 aliphatic heterocycles. The lowest BCUT2D eigenvalue weighted by Crippen LogP contribution is -2.55. The summed E-state index contributed by atoms with van der Waals surface area (Å²) in [7, 11) is 0. The molecule has 2 heterocycles. The molecule has 0 saturated carbocycles. The van der Waals surface area contributed by atoms with Gasteiger partial charge in [-0.25, -0.2) is 0 Å². The Bertz CT molecular complexity index is 930. The van der Waals surface area contributed by atoms with Crippen molar-refractivity contribution in [2.45, 2.75) is 45.3 Å². The summed E-state index contributed by atoms with van der Waals surface area (Å²) in [6, 6.07) is 16.4. The predicted molar refractivity (Wildman–Crippen MR) is 118 cm³/mol. The van der Waals surface area contributed by atoms with Crippen LogP contribution < -0.4 is 5.32 Å². The minimum Gasteiger partial charge on any atom is -0.351 e. The smallest absolute Gasteiger partial charge is 0.262 e. The molecule has 31 heavy (non-hydrogen) atoms. The van der Waals surface area contributed by atoms with Gasteiger partial charge in [0.1, 0.15) is 6.04 Å². The third-order valence-corrected chi connectivity index (χ3v) is 6.19. The molecule has 3 amide bonds. The van der Waals surface area contributed by atoms with Crippen LogP contribution in [0.4, 0.5) is 0 Å². The van der Waals surface area contributed by atoms with Crippen molar-refractivity contribution < 1.29 is 14.4 Å². The number of carbonyl (C=O) groups is 3. The summed E-state index contributed by atoms with van der Waals surface area (Å²) in [5.41, 5.74) is 2.04. The number of rotatable bonds is 6. The standard InChI is InChI=1S/C25H29N3O3/c1-17(2)22(28-24(30)20-10-6-7-11-21(20)25(28)31)23(29)26-19-12-14-27(15-13-19)16-18-8-4-3-5-9-18/h3-11,17,19,22H,12-16H2,1-2H3,(H,26,29). The highest BCUT2D eigenvalue weighted by Crippen LogP contribution is 2.27. The van der Waals surface area contributed by atoms with Crippen LogP contribution in [-0.2, 0) is 11.3 Å². The number of benzene rings is 2. The van der Waals surface area contributed by atoms with Gasteiger partial charge in [0, 0.05) is 25.7 Å². The van der Waals surface area contributed by atoms with Crippen molar-refractivity contribution in [2.24, 2.45) is 5.92 Å². The van der Waals surface area contributed by atoms with E-state index in [2.05, 4.69) is 22.3 Å². The van der Waals surface area contributed by atoms with Crippen LogP contribution in [0.3, 0.4) is 0 Å². The second-order valence-corrected chi connectivity index (χ2v) is 8.76. The summed E-state index contributed by atoms with van der Waals surface area (Å²) in [5, 5.41) is 3.12. The van der Waals surface area contributed by atoms with Crippen LogP contribution in [-0.4, -0.2) is 52.7 Å². The number of amides is 3. The van der Waals surface area contributed by atoms with Gasteiger partial charge in [0.2, 0.25) is 5.91 Å². The Morgan fingerprint density at radius 2 is 1.48 bits per heavy atom. The van der Waals surface area contributed by atoms with Gasteiger partial charge in [0.15, 0.2) is 0 Å². The van der Waals surface area contributed by atoms with Gasteiger partial charge in [0.05, 0.1) is 11.1 Å². The number of hydrogen-bond acceptors (Lipinski definition) is 4. The van der Waals surface area contributed by atoms with E-state index in [1.165, 1.54) is 5.56 Å². The summed E-state index contributed by atoms with van der Waals surface area (Å²) in [6.45, 7) is 6.45. The number of carbonyl (C=O) groups excluding carboxylic acids is 3. The Hall–Kier alpha value is -2.99. The van der Waals surface area contributed by atoms with Gasteiger partial charge in [-0.05, 0) is 36.5 Å². The summed E-state index contributed by atoms with van der Waals surface area (Å²) in [4.78, 5) is 42.5. The van der Waals surface area contributed by atoms with E-state index < -0.39 is 6.04 Å². The molecule has 0 spiro atoms. The third-order valence-electron chi connectivity index (χ3n) is 6.19. The van der Waals surface area contributed by atoms with Crippen molar-refractivity contribution in [3.05, 3.63) is 71.3 Å². The number of nitrogens with zero attached hydrogens (tertiary/aromatic N) is 2. The molecule has 2 aliphatic rings. The summed E-state index contributed by atoms with van der Waals surface area (Å²) in [5.74, 6) is -1.19. The van der Waals surface area contributed by atoms with Crippen LogP contribution in [0.1, 0.15) is 53.0 Å². The highest BCUT2D eigenvalue weighted by atomic mass is 16.2. The molecule has 162 valence electrons. The summed E-state index contributed by atoms with van der Waals surface area (Å²) >= 11 is 0. The highest BCUT2D eigenvalue weighted by molar-refractivity contribution is 6.22. The molecule has 1 saturated heterocycles. The van der Waals surface area contributed by atoms with Crippen LogP contribution in [0.15, 0.2) is 54.6 Å². The fourth-order valence-corrected chi connectivity index (χ4v) is 4.54. The first kappa shape index (κ1) is 21.2. The zero-order valence-corrected chi connectivity index (χ0v) is 18.1. The molecule has 0 aliphatic carbocycles. The number of hydrogen-bond donors (Lipinski definition) is 1. The van der Waals surface area contributed by atoms with Gasteiger partial charge in [-0.1, -0.05) is 56.3 Å². The van der Waals surface area contributed by atoms with Crippen molar-refractivity contribution in [3.8, 4) is 0 Å². The molecule has 6 nitrogen and oxygen atoms in total. The molecule has 1 fully saturated rings. The lowest BCUT2D eigenvalue weighted by atomic mass is 9.99. The van der Waals surface area contributed by atoms with Crippen molar-refractivity contribution in [3.63, 3.8) is 0 Å². The van der Waals surface area contributed by atoms with Gasteiger partial charge in [-0.2, -0.15) is 0 Å². The summed E-state index contributed by atoms with van der Waals surface area (Å²) < 4.78 is 0. The molecule has 0 radical (unpaired) electrons. The Morgan fingerprint density at radius 1 is 0.935 bits per heavy atom. The first-order valence-corrected chi connectivity index (χ1v) is 11.0. The number of imide groups is 1. The minimum absolute atomic E-state index is 0.0518. The van der Waals surface area contributed by atoms with Gasteiger partial charge in [-0.3, -0.25) is 24.2 Å². The Labute approximate surface area is 183 Å². The normalized spacial score (nSPS) is 18.4. The van der Waals surface area contributed by atoms with Crippen LogP contribution in [0.2, 0.25) is 0 Å². The first-order chi connectivity index (χ1) is 15.0. The SMILES string of the molecule is CC(C)C(C(=O)NC1CCN(Cc2ccccc2)CC1)N1C(=O)c2ccccc2C1=O. The molecular formula is C25H29N3O3. The number of piperidine rings is 1. The van der Waals surface area contributed by atoms with Gasteiger partial charge < -0.3 is 5.32 Å². The Kier molecular flexibility index (Phi) is 6.18. The molecule has 0 aromatic heterocycles. The molecule has 6 heteroatoms. The zero-order valence-electron chi connectivity index (χ0n) is 18.1. The van der Waals surface area contributed by atoms with E-state index >= 15 is 0 Å². The largest absolute Gasteiger partial charge is 0.351 e. The van der Waals surface area contributed by atoms with E-state index in [1.54, 1.807) is 24.3 Å². The fraction of sp³-hybridized carbons (Fsp3) is 0.400. The number of likely N-dealkylation sites (tertiary alicyclic amines) is 1. The number of nitrogens with one attached hydrogen (secondary N) is 1. The quantitative estimate of drug-likeness (QED) is 0.731. The van der Waals surface area contributed by atoms with E-state index in [0.717, 1.165) is 37.4 Å². The van der Waals surface area contributed by atoms with Gasteiger partial charge in [0.25, 0.3) is 11.8 Å². The van der Waals surface area contributed by atoms with Crippen LogP contribution in [0.5, 0.6) is 0 Å². The maximum atomic E-state index is 13.2. The maximum Gasteiger partial charge on any atom is 0.262 e. The lowest BCUT2D eigenvalue weighted by molar-refractivity contribution is -0.127. The van der Waals surface area contributed by atoms with Crippen LogP contribution in [0.25, 0.3) is 0 Å². The second-order valence-electron chi connectivity index (χ2n) is 8.76. The van der Waals surface area contributed by atoms with Crippen molar-refractivity contribution in [1.29, 1.82) is 0 Å². The Morgan fingerprint density at radius 3 is 2.03 bits per heavy atom. The zero-order chi connectivity index (χ0) is 22.0. The molecular weight excluding hydrogens is 390 g/mol. The molecule has 2 aromatic rings. The van der Waals surface area contributed by atoms with Crippen LogP contribution in [0, 0.1) is 5.92 Å². The summed E-state index contributed by atoms with van der Waals surface area (Å²) in [6.07, 6.45) is 1.71. The molecule has 1 unspecified atom stereocenters. The average molecular weight is 420 g/mol. The molecule has 2 aromatic carbocycles. The fourth-order valence-electron chi connectivity index (χ4n) is 4.54. The molecule has 0 bridgehead atoms. The van der Waals surface area contributed by atoms with E-state index in [1.807, 2.05) is 32.0 Å². The van der Waals surface area contributed by atoms with Crippen molar-refractivity contribution >= 4 is 17.7 Å². The number of fused-ring (bicyclic) bond motifs is 1. The highest BCUT2D eigenvalue weighted by Gasteiger charge is 2.44. The Balaban J connectivity index is 1.38. The second kappa shape index (κ2) is 9.02.